The summed E-state index contributed by atoms with van der Waals surface area (Å²) in [5, 5.41) is 2.89. The molecule has 0 saturated heterocycles. The van der Waals surface area contributed by atoms with E-state index in [0.717, 1.165) is 14.8 Å². The van der Waals surface area contributed by atoms with Crippen LogP contribution in [0.2, 0.25) is 0 Å². The molecule has 0 aliphatic heterocycles. The second kappa shape index (κ2) is 12.7. The molecule has 0 fully saturated rings. The monoisotopic (exact) mass is 544 g/mol. The molecule has 10 heteroatoms. The van der Waals surface area contributed by atoms with E-state index in [-0.39, 0.29) is 10.6 Å². The fourth-order valence-corrected chi connectivity index (χ4v) is 5.58. The Bertz CT molecular complexity index is 1310. The molecule has 0 aromatic heterocycles. The van der Waals surface area contributed by atoms with Gasteiger partial charge in [-0.25, -0.2) is 8.42 Å². The third-order valence-corrected chi connectivity index (χ3v) is 8.17. The van der Waals surface area contributed by atoms with E-state index < -0.39 is 28.5 Å². The van der Waals surface area contributed by atoms with Gasteiger partial charge in [-0.3, -0.25) is 9.10 Å². The van der Waals surface area contributed by atoms with Crippen LogP contribution in [0.25, 0.3) is 0 Å². The van der Waals surface area contributed by atoms with Gasteiger partial charge in [0.1, 0.15) is 12.3 Å². The van der Waals surface area contributed by atoms with Crippen LogP contribution in [0.15, 0.2) is 76.5 Å². The number of thioether (sulfide) groups is 1. The van der Waals surface area contributed by atoms with Gasteiger partial charge in [-0.05, 0) is 74.2 Å². The molecule has 0 aliphatic rings. The summed E-state index contributed by atoms with van der Waals surface area (Å²) >= 11 is 1.51. The minimum Gasteiger partial charge on any atom is -0.493 e. The molecule has 1 amide bonds. The van der Waals surface area contributed by atoms with Gasteiger partial charge in [0, 0.05) is 4.90 Å². The molecular formula is C27H32N2O6S2. The molecule has 3 rings (SSSR count). The Balaban J connectivity index is 1.93. The zero-order valence-electron chi connectivity index (χ0n) is 21.6. The van der Waals surface area contributed by atoms with E-state index in [1.165, 1.54) is 18.9 Å². The van der Waals surface area contributed by atoms with Gasteiger partial charge in [0.05, 0.1) is 37.5 Å². The zero-order valence-corrected chi connectivity index (χ0v) is 23.2. The van der Waals surface area contributed by atoms with Crippen molar-refractivity contribution < 1.29 is 27.4 Å². The van der Waals surface area contributed by atoms with E-state index in [1.807, 2.05) is 26.2 Å². The van der Waals surface area contributed by atoms with Crippen LogP contribution in [-0.4, -0.2) is 48.0 Å². The van der Waals surface area contributed by atoms with Crippen LogP contribution in [0, 0.1) is 0 Å². The van der Waals surface area contributed by atoms with E-state index in [4.69, 9.17) is 14.2 Å². The van der Waals surface area contributed by atoms with Gasteiger partial charge in [0.15, 0.2) is 11.5 Å². The van der Waals surface area contributed by atoms with Crippen LogP contribution < -0.4 is 23.8 Å². The quantitative estimate of drug-likeness (QED) is 0.324. The van der Waals surface area contributed by atoms with Crippen molar-refractivity contribution in [3.8, 4) is 17.2 Å². The first-order chi connectivity index (χ1) is 17.7. The highest BCUT2D eigenvalue weighted by molar-refractivity contribution is 7.98. The lowest BCUT2D eigenvalue weighted by Crippen LogP contribution is -2.41. The van der Waals surface area contributed by atoms with Gasteiger partial charge >= 0.3 is 0 Å². The van der Waals surface area contributed by atoms with E-state index >= 15 is 0 Å². The number of hydrogen-bond donors (Lipinski definition) is 1. The lowest BCUT2D eigenvalue weighted by atomic mass is 10.1. The van der Waals surface area contributed by atoms with Crippen molar-refractivity contribution in [2.45, 2.75) is 29.7 Å². The molecule has 0 unspecified atom stereocenters. The molecule has 1 atom stereocenters. The highest BCUT2D eigenvalue weighted by Crippen LogP contribution is 2.33. The SMILES string of the molecule is CCOc1ccccc1N(CC(=O)N[C@H](C)c1ccc(OC)c(OC)c1)S(=O)(=O)c1ccc(SC)cc1. The molecule has 0 aliphatic carbocycles. The van der Waals surface area contributed by atoms with Crippen LogP contribution in [0.1, 0.15) is 25.5 Å². The number of amides is 1. The maximum atomic E-state index is 13.8. The number of carbonyl (C=O) groups is 1. The van der Waals surface area contributed by atoms with Gasteiger partial charge in [-0.15, -0.1) is 11.8 Å². The Labute approximate surface area is 223 Å². The molecule has 0 radical (unpaired) electrons. The van der Waals surface area contributed by atoms with Crippen LogP contribution in [-0.2, 0) is 14.8 Å². The average Bonchev–Trinajstić information content (AvgIpc) is 2.91. The zero-order chi connectivity index (χ0) is 27.0. The molecule has 0 spiro atoms. The fourth-order valence-electron chi connectivity index (χ4n) is 3.74. The summed E-state index contributed by atoms with van der Waals surface area (Å²) in [6.07, 6.45) is 1.91. The number of ether oxygens (including phenoxy) is 3. The highest BCUT2D eigenvalue weighted by Gasteiger charge is 2.30. The van der Waals surface area contributed by atoms with Crippen LogP contribution in [0.5, 0.6) is 17.2 Å². The minimum absolute atomic E-state index is 0.0809. The number of sulfonamides is 1. The molecule has 1 N–H and O–H groups in total. The fraction of sp³-hybridized carbons (Fsp3) is 0.296. The summed E-state index contributed by atoms with van der Waals surface area (Å²) in [5.41, 5.74) is 1.06. The van der Waals surface area contributed by atoms with Crippen molar-refractivity contribution >= 4 is 33.4 Å². The summed E-state index contributed by atoms with van der Waals surface area (Å²) in [7, 11) is -1.00. The van der Waals surface area contributed by atoms with Crippen LogP contribution >= 0.6 is 11.8 Å². The molecule has 0 bridgehead atoms. The summed E-state index contributed by atoms with van der Waals surface area (Å²) in [5.74, 6) is 1.000. The molecule has 0 saturated carbocycles. The van der Waals surface area contributed by atoms with Crippen molar-refractivity contribution in [2.75, 3.05) is 37.9 Å². The number of carbonyl (C=O) groups excluding carboxylic acids is 1. The number of nitrogens with zero attached hydrogens (tertiary/aromatic N) is 1. The molecular weight excluding hydrogens is 512 g/mol. The maximum Gasteiger partial charge on any atom is 0.264 e. The number of rotatable bonds is 12. The van der Waals surface area contributed by atoms with Crippen molar-refractivity contribution in [3.05, 3.63) is 72.3 Å². The maximum absolute atomic E-state index is 13.8. The predicted molar refractivity (Wildman–Crippen MR) is 146 cm³/mol. The van der Waals surface area contributed by atoms with E-state index in [1.54, 1.807) is 67.8 Å². The Hall–Kier alpha value is -3.37. The number of benzene rings is 3. The number of nitrogens with one attached hydrogen (secondary N) is 1. The Morgan fingerprint density at radius 1 is 0.973 bits per heavy atom. The Morgan fingerprint density at radius 2 is 1.65 bits per heavy atom. The van der Waals surface area contributed by atoms with Crippen molar-refractivity contribution in [1.82, 2.24) is 5.32 Å². The molecule has 0 heterocycles. The molecule has 3 aromatic rings. The normalized spacial score (nSPS) is 11.9. The molecule has 37 heavy (non-hydrogen) atoms. The number of anilines is 1. The van der Waals surface area contributed by atoms with E-state index in [2.05, 4.69) is 5.32 Å². The topological polar surface area (TPSA) is 94.2 Å². The van der Waals surface area contributed by atoms with E-state index in [9.17, 15) is 13.2 Å². The number of para-hydroxylation sites is 2. The van der Waals surface area contributed by atoms with Gasteiger partial charge in [-0.2, -0.15) is 0 Å². The largest absolute Gasteiger partial charge is 0.493 e. The predicted octanol–water partition coefficient (Wildman–Crippen LogP) is 4.90. The van der Waals surface area contributed by atoms with Crippen molar-refractivity contribution in [3.63, 3.8) is 0 Å². The number of methoxy groups -OCH3 is 2. The average molecular weight is 545 g/mol. The van der Waals surface area contributed by atoms with Gasteiger partial charge < -0.3 is 19.5 Å². The van der Waals surface area contributed by atoms with E-state index in [0.29, 0.717) is 23.9 Å². The first-order valence-electron chi connectivity index (χ1n) is 11.6. The third-order valence-electron chi connectivity index (χ3n) is 5.65. The number of hydrogen-bond acceptors (Lipinski definition) is 7. The van der Waals surface area contributed by atoms with Gasteiger partial charge in [0.25, 0.3) is 10.0 Å². The summed E-state index contributed by atoms with van der Waals surface area (Å²) in [4.78, 5) is 14.2. The molecule has 3 aromatic carbocycles. The van der Waals surface area contributed by atoms with Gasteiger partial charge in [0.2, 0.25) is 5.91 Å². The summed E-state index contributed by atoms with van der Waals surface area (Å²) in [6.45, 7) is 3.53. The van der Waals surface area contributed by atoms with Crippen LogP contribution in [0.3, 0.4) is 0 Å². The first kappa shape index (κ1) is 28.2. The Morgan fingerprint density at radius 3 is 2.27 bits per heavy atom. The standard InChI is InChI=1S/C27H32N2O6S2/c1-6-35-24-10-8-7-9-23(24)29(37(31,32)22-14-12-21(36-5)13-15-22)18-27(30)28-19(2)20-11-16-25(33-3)26(17-20)34-4/h7-17,19H,6,18H2,1-5H3,(H,28,30)/t19-/m1/s1. The smallest absolute Gasteiger partial charge is 0.264 e. The molecule has 198 valence electrons. The van der Waals surface area contributed by atoms with Crippen molar-refractivity contribution in [2.24, 2.45) is 0 Å². The van der Waals surface area contributed by atoms with Crippen LogP contribution in [0.4, 0.5) is 5.69 Å². The molecule has 8 nitrogen and oxygen atoms in total. The third kappa shape index (κ3) is 6.69. The second-order valence-corrected chi connectivity index (χ2v) is 10.7. The highest BCUT2D eigenvalue weighted by atomic mass is 32.2. The lowest BCUT2D eigenvalue weighted by molar-refractivity contribution is -0.120. The summed E-state index contributed by atoms with van der Waals surface area (Å²) < 4.78 is 45.0. The minimum atomic E-state index is -4.09. The first-order valence-corrected chi connectivity index (χ1v) is 14.3. The lowest BCUT2D eigenvalue weighted by Gasteiger charge is -2.27. The van der Waals surface area contributed by atoms with Gasteiger partial charge in [-0.1, -0.05) is 18.2 Å². The Kier molecular flexibility index (Phi) is 9.71. The second-order valence-electron chi connectivity index (χ2n) is 7.99. The van der Waals surface area contributed by atoms with Crippen molar-refractivity contribution in [1.29, 1.82) is 0 Å². The summed E-state index contributed by atoms with van der Waals surface area (Å²) in [6, 6.07) is 18.3.